The van der Waals surface area contributed by atoms with E-state index < -0.39 is 32.3 Å². The predicted octanol–water partition coefficient (Wildman–Crippen LogP) is 2.19. The largest absolute Gasteiger partial charge is 0.324 e. The number of carbonyl (C=O) groups is 3. The first kappa shape index (κ1) is 18.8. The maximum absolute atomic E-state index is 13.5. The fourth-order valence-electron chi connectivity index (χ4n) is 5.11. The van der Waals surface area contributed by atoms with E-state index in [9.17, 15) is 24.5 Å². The van der Waals surface area contributed by atoms with E-state index in [4.69, 9.17) is 0 Å². The average molecular weight is 424 g/mol. The lowest BCUT2D eigenvalue weighted by atomic mass is 9.72. The van der Waals surface area contributed by atoms with Gasteiger partial charge in [0, 0.05) is 35.8 Å². The Morgan fingerprint density at radius 2 is 1.77 bits per heavy atom. The number of hydrogen-bond donors (Lipinski definition) is 2. The molecule has 2 aromatic carbocycles. The third kappa shape index (κ3) is 2.09. The SMILES string of the molecule is CN1C[C@H](c2ccc([N+](=O)[O-])cc2)[C@]2(SC(=O)NC2=O)[C@]12C(=O)Nc1ccccc12. The van der Waals surface area contributed by atoms with Crippen molar-refractivity contribution in [1.29, 1.82) is 0 Å². The second-order valence-corrected chi connectivity index (χ2v) is 8.79. The molecular weight excluding hydrogens is 408 g/mol. The Morgan fingerprint density at radius 3 is 2.40 bits per heavy atom. The Balaban J connectivity index is 1.76. The molecule has 3 aliphatic rings. The molecule has 3 aliphatic heterocycles. The van der Waals surface area contributed by atoms with Gasteiger partial charge < -0.3 is 5.32 Å². The summed E-state index contributed by atoms with van der Waals surface area (Å²) in [6, 6.07) is 13.1. The smallest absolute Gasteiger partial charge is 0.286 e. The zero-order valence-corrected chi connectivity index (χ0v) is 16.6. The molecule has 2 aromatic rings. The number of rotatable bonds is 2. The number of nitro benzene ring substituents is 1. The normalized spacial score (nSPS) is 30.0. The lowest BCUT2D eigenvalue weighted by Gasteiger charge is -2.41. The predicted molar refractivity (Wildman–Crippen MR) is 109 cm³/mol. The van der Waals surface area contributed by atoms with Crippen molar-refractivity contribution in [2.45, 2.75) is 16.2 Å². The summed E-state index contributed by atoms with van der Waals surface area (Å²) in [5, 5.41) is 15.8. The molecule has 2 fully saturated rings. The molecule has 0 bridgehead atoms. The van der Waals surface area contributed by atoms with Crippen LogP contribution in [0.4, 0.5) is 16.2 Å². The lowest BCUT2D eigenvalue weighted by Crippen LogP contribution is -2.61. The molecule has 5 rings (SSSR count). The minimum Gasteiger partial charge on any atom is -0.324 e. The number of nitrogens with zero attached hydrogens (tertiary/aromatic N) is 2. The number of imide groups is 1. The van der Waals surface area contributed by atoms with Gasteiger partial charge in [-0.3, -0.25) is 34.7 Å². The second-order valence-electron chi connectivity index (χ2n) is 7.57. The number of nitrogens with one attached hydrogen (secondary N) is 2. The van der Waals surface area contributed by atoms with Gasteiger partial charge in [-0.25, -0.2) is 0 Å². The number of non-ortho nitro benzene ring substituents is 1. The van der Waals surface area contributed by atoms with Crippen LogP contribution in [0.5, 0.6) is 0 Å². The number of hydrogen-bond acceptors (Lipinski definition) is 7. The van der Waals surface area contributed by atoms with Crippen molar-refractivity contribution in [2.75, 3.05) is 18.9 Å². The summed E-state index contributed by atoms with van der Waals surface area (Å²) < 4.78 is -1.45. The van der Waals surface area contributed by atoms with Crippen molar-refractivity contribution in [3.63, 3.8) is 0 Å². The molecular formula is C20H16N4O5S. The van der Waals surface area contributed by atoms with E-state index in [1.54, 1.807) is 43.4 Å². The molecule has 2 spiro atoms. The second kappa shape index (κ2) is 6.13. The molecule has 30 heavy (non-hydrogen) atoms. The first-order chi connectivity index (χ1) is 14.3. The zero-order valence-electron chi connectivity index (χ0n) is 15.7. The fourth-order valence-corrected chi connectivity index (χ4v) is 6.54. The number of benzene rings is 2. The Bertz CT molecular complexity index is 1140. The standard InChI is InChI=1S/C20H16N4O5S/c1-23-10-14(11-6-8-12(9-7-11)24(28)29)20(17(26)22-18(27)30-20)19(23)13-4-2-3-5-15(13)21-16(19)25/h2-9,14H,10H2,1H3,(H,21,25)(H,22,26,27)/t14-,19+,20-/m1/s1. The zero-order chi connectivity index (χ0) is 21.3. The number of nitro groups is 1. The molecule has 0 radical (unpaired) electrons. The van der Waals surface area contributed by atoms with Gasteiger partial charge in [0.15, 0.2) is 5.54 Å². The summed E-state index contributed by atoms with van der Waals surface area (Å²) in [6.07, 6.45) is 0. The third-order valence-corrected chi connectivity index (χ3v) is 7.64. The summed E-state index contributed by atoms with van der Waals surface area (Å²) in [5.41, 5.74) is 0.429. The highest BCUT2D eigenvalue weighted by Gasteiger charge is 2.77. The van der Waals surface area contributed by atoms with Gasteiger partial charge in [0.1, 0.15) is 4.75 Å². The van der Waals surface area contributed by atoms with E-state index in [0.717, 1.165) is 11.8 Å². The van der Waals surface area contributed by atoms with Gasteiger partial charge in [-0.05, 0) is 30.4 Å². The van der Waals surface area contributed by atoms with Crippen LogP contribution < -0.4 is 10.6 Å². The molecule has 10 heteroatoms. The molecule has 0 unspecified atom stereocenters. The molecule has 3 heterocycles. The molecule has 3 atom stereocenters. The minimum atomic E-state index is -1.45. The molecule has 152 valence electrons. The first-order valence-corrected chi connectivity index (χ1v) is 10.0. The highest BCUT2D eigenvalue weighted by atomic mass is 32.2. The molecule has 0 saturated carbocycles. The van der Waals surface area contributed by atoms with Crippen LogP contribution in [0.3, 0.4) is 0 Å². The highest BCUT2D eigenvalue weighted by Crippen LogP contribution is 2.64. The van der Waals surface area contributed by atoms with Gasteiger partial charge >= 0.3 is 0 Å². The van der Waals surface area contributed by atoms with Gasteiger partial charge in [0.2, 0.25) is 5.91 Å². The third-order valence-electron chi connectivity index (χ3n) is 6.26. The summed E-state index contributed by atoms with van der Waals surface area (Å²) >= 11 is 0.828. The summed E-state index contributed by atoms with van der Waals surface area (Å²) in [7, 11) is 1.76. The van der Waals surface area contributed by atoms with Gasteiger partial charge in [0.25, 0.3) is 16.8 Å². The van der Waals surface area contributed by atoms with Crippen LogP contribution in [0.2, 0.25) is 0 Å². The topological polar surface area (TPSA) is 122 Å². The fraction of sp³-hybridized carbons (Fsp3) is 0.250. The number of thioether (sulfide) groups is 1. The van der Waals surface area contributed by atoms with Gasteiger partial charge in [0.05, 0.1) is 4.92 Å². The number of likely N-dealkylation sites (tertiary alicyclic amines) is 1. The van der Waals surface area contributed by atoms with Crippen LogP contribution in [0.1, 0.15) is 17.0 Å². The van der Waals surface area contributed by atoms with E-state index in [2.05, 4.69) is 10.6 Å². The van der Waals surface area contributed by atoms with Crippen LogP contribution in [0.25, 0.3) is 0 Å². The highest BCUT2D eigenvalue weighted by molar-refractivity contribution is 8.16. The van der Waals surface area contributed by atoms with E-state index in [0.29, 0.717) is 23.4 Å². The minimum absolute atomic E-state index is 0.0718. The van der Waals surface area contributed by atoms with Crippen LogP contribution in [-0.4, -0.2) is 45.2 Å². The molecule has 9 nitrogen and oxygen atoms in total. The number of carbonyl (C=O) groups excluding carboxylic acids is 3. The summed E-state index contributed by atoms with van der Waals surface area (Å²) in [6.45, 7) is 0.313. The molecule has 0 aliphatic carbocycles. The maximum Gasteiger partial charge on any atom is 0.286 e. The molecule has 3 amide bonds. The Hall–Kier alpha value is -3.24. The van der Waals surface area contributed by atoms with Crippen molar-refractivity contribution >= 4 is 40.2 Å². The number of fused-ring (bicyclic) bond motifs is 3. The van der Waals surface area contributed by atoms with Gasteiger partial charge in [-0.15, -0.1) is 0 Å². The number of amides is 3. The summed E-state index contributed by atoms with van der Waals surface area (Å²) in [5.74, 6) is -1.44. The van der Waals surface area contributed by atoms with E-state index in [1.165, 1.54) is 12.1 Å². The van der Waals surface area contributed by atoms with Crippen molar-refractivity contribution in [3.05, 3.63) is 69.8 Å². The van der Waals surface area contributed by atoms with Crippen molar-refractivity contribution < 1.29 is 19.3 Å². The monoisotopic (exact) mass is 424 g/mol. The lowest BCUT2D eigenvalue weighted by molar-refractivity contribution is -0.384. The average Bonchev–Trinajstić information content (AvgIpc) is 3.28. The van der Waals surface area contributed by atoms with Crippen molar-refractivity contribution in [2.24, 2.45) is 0 Å². The molecule has 0 aromatic heterocycles. The Labute approximate surface area is 175 Å². The number of para-hydroxylation sites is 1. The van der Waals surface area contributed by atoms with Crippen molar-refractivity contribution in [3.8, 4) is 0 Å². The number of anilines is 1. The first-order valence-electron chi connectivity index (χ1n) is 9.23. The van der Waals surface area contributed by atoms with Gasteiger partial charge in [-0.1, -0.05) is 30.3 Å². The van der Waals surface area contributed by atoms with Crippen LogP contribution in [0.15, 0.2) is 48.5 Å². The summed E-state index contributed by atoms with van der Waals surface area (Å²) in [4.78, 5) is 51.6. The quantitative estimate of drug-likeness (QED) is 0.560. The van der Waals surface area contributed by atoms with Crippen LogP contribution in [-0.2, 0) is 15.1 Å². The van der Waals surface area contributed by atoms with E-state index in [1.807, 2.05) is 4.90 Å². The molecule has 2 N–H and O–H groups in total. The number of likely N-dealkylation sites (N-methyl/N-ethyl adjacent to an activating group) is 1. The van der Waals surface area contributed by atoms with Gasteiger partial charge in [-0.2, -0.15) is 0 Å². The Morgan fingerprint density at radius 1 is 1.07 bits per heavy atom. The maximum atomic E-state index is 13.5. The van der Waals surface area contributed by atoms with Crippen LogP contribution >= 0.6 is 11.8 Å². The molecule has 2 saturated heterocycles. The Kier molecular flexibility index (Phi) is 3.83. The van der Waals surface area contributed by atoms with Crippen LogP contribution in [0, 0.1) is 10.1 Å². The van der Waals surface area contributed by atoms with Crippen molar-refractivity contribution in [1.82, 2.24) is 10.2 Å². The van der Waals surface area contributed by atoms with E-state index >= 15 is 0 Å². The van der Waals surface area contributed by atoms with E-state index in [-0.39, 0.29) is 11.6 Å².